The van der Waals surface area contributed by atoms with E-state index in [4.69, 9.17) is 17.3 Å². The van der Waals surface area contributed by atoms with E-state index < -0.39 is 11.8 Å². The zero-order chi connectivity index (χ0) is 12.6. The molecule has 1 aromatic heterocycles. The zero-order valence-corrected chi connectivity index (χ0v) is 11.0. The normalized spacial score (nSPS) is 19.8. The first-order valence-electron chi connectivity index (χ1n) is 4.89. The van der Waals surface area contributed by atoms with Gasteiger partial charge in [-0.1, -0.05) is 11.6 Å². The Bertz CT molecular complexity index is 494. The van der Waals surface area contributed by atoms with Gasteiger partial charge in [-0.2, -0.15) is 0 Å². The van der Waals surface area contributed by atoms with E-state index in [0.29, 0.717) is 15.3 Å². The molecule has 90 valence electrons. The van der Waals surface area contributed by atoms with Crippen LogP contribution in [0, 0.1) is 5.92 Å². The number of hydrogen-bond donors (Lipinski definition) is 1. The van der Waals surface area contributed by atoms with E-state index in [0.717, 1.165) is 0 Å². The number of aromatic nitrogens is 1. The molecule has 0 aliphatic carbocycles. The van der Waals surface area contributed by atoms with Gasteiger partial charge in [0.05, 0.1) is 16.1 Å². The Balaban J connectivity index is 2.32. The van der Waals surface area contributed by atoms with Crippen LogP contribution in [0.3, 0.4) is 0 Å². The number of pyridine rings is 1. The molecule has 7 heteroatoms. The molecule has 0 radical (unpaired) electrons. The molecule has 2 rings (SSSR count). The van der Waals surface area contributed by atoms with E-state index >= 15 is 0 Å². The van der Waals surface area contributed by atoms with Gasteiger partial charge in [-0.15, -0.1) is 0 Å². The molecule has 0 aromatic carbocycles. The number of anilines is 1. The van der Waals surface area contributed by atoms with Crippen molar-refractivity contribution in [1.82, 2.24) is 4.98 Å². The molecule has 5 nitrogen and oxygen atoms in total. The van der Waals surface area contributed by atoms with Gasteiger partial charge in [0.2, 0.25) is 11.8 Å². The molecular weight excluding hydrogens is 309 g/mol. The van der Waals surface area contributed by atoms with E-state index in [1.807, 2.05) is 0 Å². The summed E-state index contributed by atoms with van der Waals surface area (Å²) in [5.74, 6) is -1.05. The third kappa shape index (κ3) is 2.42. The smallest absolute Gasteiger partial charge is 0.227 e. The van der Waals surface area contributed by atoms with Crippen LogP contribution in [0.15, 0.2) is 16.7 Å². The highest BCUT2D eigenvalue weighted by Gasteiger charge is 2.34. The van der Waals surface area contributed by atoms with E-state index in [1.165, 1.54) is 11.1 Å². The molecule has 1 aromatic rings. The fraction of sp³-hybridized carbons (Fsp3) is 0.300. The lowest BCUT2D eigenvalue weighted by atomic mass is 10.1. The quantitative estimate of drug-likeness (QED) is 0.836. The third-order valence-electron chi connectivity index (χ3n) is 2.62. The van der Waals surface area contributed by atoms with E-state index in [-0.39, 0.29) is 18.9 Å². The van der Waals surface area contributed by atoms with E-state index in [2.05, 4.69) is 20.9 Å². The average molecular weight is 319 g/mol. The summed E-state index contributed by atoms with van der Waals surface area (Å²) in [6.45, 7) is 0.285. The van der Waals surface area contributed by atoms with Crippen LogP contribution in [0.25, 0.3) is 0 Å². The second kappa shape index (κ2) is 4.62. The van der Waals surface area contributed by atoms with Gasteiger partial charge in [-0.05, 0) is 15.9 Å². The minimum absolute atomic E-state index is 0.141. The number of nitrogens with two attached hydrogens (primary N) is 1. The van der Waals surface area contributed by atoms with Crippen molar-refractivity contribution in [2.24, 2.45) is 11.7 Å². The summed E-state index contributed by atoms with van der Waals surface area (Å²) in [5.41, 5.74) is 5.81. The number of hydrogen-bond acceptors (Lipinski definition) is 3. The summed E-state index contributed by atoms with van der Waals surface area (Å²) in [5, 5.41) is 0.290. The first kappa shape index (κ1) is 12.3. The Morgan fingerprint density at radius 1 is 1.65 bits per heavy atom. The molecule has 1 unspecified atom stereocenters. The summed E-state index contributed by atoms with van der Waals surface area (Å²) < 4.78 is 0.653. The molecule has 2 heterocycles. The highest BCUT2D eigenvalue weighted by Crippen LogP contribution is 2.32. The van der Waals surface area contributed by atoms with Crippen molar-refractivity contribution < 1.29 is 9.59 Å². The van der Waals surface area contributed by atoms with Crippen molar-refractivity contribution in [3.05, 3.63) is 21.9 Å². The Labute approximate surface area is 111 Å². The maximum atomic E-state index is 11.8. The average Bonchev–Trinajstić information content (AvgIpc) is 2.64. The minimum atomic E-state index is -0.461. The molecule has 1 atom stereocenters. The van der Waals surface area contributed by atoms with Gasteiger partial charge in [0.1, 0.15) is 5.15 Å². The lowest BCUT2D eigenvalue weighted by Crippen LogP contribution is -2.28. The molecule has 0 saturated carbocycles. The Hall–Kier alpha value is -1.14. The predicted molar refractivity (Wildman–Crippen MR) is 66.6 cm³/mol. The topological polar surface area (TPSA) is 76.3 Å². The minimum Gasteiger partial charge on any atom is -0.369 e. The number of carbonyl (C=O) groups is 2. The summed E-state index contributed by atoms with van der Waals surface area (Å²) in [6, 6.07) is 1.58. The number of carbonyl (C=O) groups excluding carboxylic acids is 2. The fourth-order valence-electron chi connectivity index (χ4n) is 1.74. The lowest BCUT2D eigenvalue weighted by Gasteiger charge is -2.17. The van der Waals surface area contributed by atoms with Gasteiger partial charge < -0.3 is 10.6 Å². The second-order valence-corrected chi connectivity index (χ2v) is 5.01. The molecule has 1 aliphatic rings. The summed E-state index contributed by atoms with van der Waals surface area (Å²) in [4.78, 5) is 28.2. The van der Waals surface area contributed by atoms with Crippen molar-refractivity contribution in [2.45, 2.75) is 6.42 Å². The largest absolute Gasteiger partial charge is 0.369 e. The predicted octanol–water partition coefficient (Wildman–Crippen LogP) is 1.34. The molecule has 2 amide bonds. The summed E-state index contributed by atoms with van der Waals surface area (Å²) in [6.07, 6.45) is 1.66. The Kier molecular flexibility index (Phi) is 3.35. The molecule has 1 fully saturated rings. The summed E-state index contributed by atoms with van der Waals surface area (Å²) in [7, 11) is 0. The molecule has 1 saturated heterocycles. The molecule has 0 spiro atoms. The van der Waals surface area contributed by atoms with Gasteiger partial charge in [0.15, 0.2) is 0 Å². The molecular formula is C10H9BrClN3O2. The van der Waals surface area contributed by atoms with Gasteiger partial charge >= 0.3 is 0 Å². The molecule has 1 aliphatic heterocycles. The van der Waals surface area contributed by atoms with Gasteiger partial charge in [-0.25, -0.2) is 4.98 Å². The first-order chi connectivity index (χ1) is 7.99. The van der Waals surface area contributed by atoms with Crippen LogP contribution < -0.4 is 10.6 Å². The van der Waals surface area contributed by atoms with Crippen LogP contribution in [-0.4, -0.2) is 23.3 Å². The zero-order valence-electron chi connectivity index (χ0n) is 8.69. The molecule has 17 heavy (non-hydrogen) atoms. The van der Waals surface area contributed by atoms with Crippen molar-refractivity contribution in [3.8, 4) is 0 Å². The number of primary amides is 1. The fourth-order valence-corrected chi connectivity index (χ4v) is 2.32. The maximum Gasteiger partial charge on any atom is 0.227 e. The highest BCUT2D eigenvalue weighted by atomic mass is 79.9. The Morgan fingerprint density at radius 2 is 2.35 bits per heavy atom. The maximum absolute atomic E-state index is 11.8. The second-order valence-electron chi connectivity index (χ2n) is 3.77. The molecule has 0 bridgehead atoms. The van der Waals surface area contributed by atoms with Gasteiger partial charge in [-0.3, -0.25) is 9.59 Å². The van der Waals surface area contributed by atoms with Crippen LogP contribution in [0.4, 0.5) is 5.69 Å². The number of nitrogens with zero attached hydrogens (tertiary/aromatic N) is 2. The highest BCUT2D eigenvalue weighted by molar-refractivity contribution is 9.10. The monoisotopic (exact) mass is 317 g/mol. The van der Waals surface area contributed by atoms with Crippen LogP contribution in [0.2, 0.25) is 5.15 Å². The standard InChI is InChI=1S/C10H9BrClN3O2/c11-6-3-14-8(12)2-7(6)15-4-5(10(13)17)1-9(15)16/h2-3,5H,1,4H2,(H2,13,17). The van der Waals surface area contributed by atoms with E-state index in [9.17, 15) is 9.59 Å². The molecule has 2 N–H and O–H groups in total. The van der Waals surface area contributed by atoms with Crippen LogP contribution in [0.5, 0.6) is 0 Å². The SMILES string of the molecule is NC(=O)C1CC(=O)N(c2cc(Cl)ncc2Br)C1. The van der Waals surface area contributed by atoms with Crippen molar-refractivity contribution in [1.29, 1.82) is 0 Å². The number of rotatable bonds is 2. The number of amides is 2. The first-order valence-corrected chi connectivity index (χ1v) is 6.07. The van der Waals surface area contributed by atoms with Crippen molar-refractivity contribution >= 4 is 45.0 Å². The van der Waals surface area contributed by atoms with Gasteiger partial charge in [0, 0.05) is 25.2 Å². The van der Waals surface area contributed by atoms with E-state index in [1.54, 1.807) is 6.07 Å². The Morgan fingerprint density at radius 3 is 2.94 bits per heavy atom. The van der Waals surface area contributed by atoms with Gasteiger partial charge in [0.25, 0.3) is 0 Å². The van der Waals surface area contributed by atoms with Crippen LogP contribution in [0.1, 0.15) is 6.42 Å². The third-order valence-corrected chi connectivity index (χ3v) is 3.44. The van der Waals surface area contributed by atoms with Crippen LogP contribution in [-0.2, 0) is 9.59 Å². The summed E-state index contributed by atoms with van der Waals surface area (Å²) >= 11 is 9.07. The van der Waals surface area contributed by atoms with Crippen molar-refractivity contribution in [2.75, 3.05) is 11.4 Å². The van der Waals surface area contributed by atoms with Crippen LogP contribution >= 0.6 is 27.5 Å². The lowest BCUT2D eigenvalue weighted by molar-refractivity contribution is -0.123. The number of halogens is 2. The van der Waals surface area contributed by atoms with Crippen molar-refractivity contribution in [3.63, 3.8) is 0 Å².